The summed E-state index contributed by atoms with van der Waals surface area (Å²) in [5.74, 6) is -0.647. The third kappa shape index (κ3) is 2.04. The molecule has 0 saturated carbocycles. The number of hydrogen-bond acceptors (Lipinski definition) is 4. The summed E-state index contributed by atoms with van der Waals surface area (Å²) < 4.78 is 19.2. The average Bonchev–Trinajstić information content (AvgIpc) is 2.98. The first-order valence-electron chi connectivity index (χ1n) is 6.53. The number of fused-ring (bicyclic) bond motifs is 2. The van der Waals surface area contributed by atoms with Gasteiger partial charge in [0.1, 0.15) is 5.82 Å². The summed E-state index contributed by atoms with van der Waals surface area (Å²) in [5, 5.41) is 20.3. The minimum atomic E-state index is -0.676. The van der Waals surface area contributed by atoms with Crippen molar-refractivity contribution in [2.75, 3.05) is 0 Å². The summed E-state index contributed by atoms with van der Waals surface area (Å²) in [4.78, 5) is 10.1. The second-order valence-electron chi connectivity index (χ2n) is 5.55. The lowest BCUT2D eigenvalue weighted by Gasteiger charge is -2.28. The molecule has 3 rings (SSSR count). The molecule has 3 atom stereocenters. The highest BCUT2D eigenvalue weighted by Crippen LogP contribution is 2.49. The Morgan fingerprint density at radius 3 is 2.85 bits per heavy atom. The monoisotopic (exact) mass is 276 g/mol. The molecule has 2 saturated heterocycles. The molecule has 0 spiro atoms. The van der Waals surface area contributed by atoms with Gasteiger partial charge in [-0.1, -0.05) is 0 Å². The minimum absolute atomic E-state index is 0.100. The average molecular weight is 276 g/mol. The van der Waals surface area contributed by atoms with Crippen molar-refractivity contribution in [3.05, 3.63) is 39.7 Å². The maximum Gasteiger partial charge on any atom is 0.272 e. The van der Waals surface area contributed by atoms with Crippen molar-refractivity contribution in [3.63, 3.8) is 0 Å². The highest BCUT2D eigenvalue weighted by Gasteiger charge is 2.52. The first kappa shape index (κ1) is 13.0. The fraction of sp³-hybridized carbons (Fsp3) is 0.500. The lowest BCUT2D eigenvalue weighted by atomic mass is 9.71. The number of nitro groups is 1. The van der Waals surface area contributed by atoms with E-state index in [2.05, 4.69) is 6.07 Å². The molecular formula is C14H13FN2O3. The minimum Gasteiger partial charge on any atom is -0.373 e. The molecule has 1 aromatic rings. The largest absolute Gasteiger partial charge is 0.373 e. The topological polar surface area (TPSA) is 76.2 Å². The number of non-ortho nitro benzene ring substituents is 1. The molecule has 6 heteroatoms. The van der Waals surface area contributed by atoms with E-state index in [1.165, 1.54) is 12.1 Å². The molecule has 104 valence electrons. The van der Waals surface area contributed by atoms with Crippen LogP contribution in [0.25, 0.3) is 0 Å². The summed E-state index contributed by atoms with van der Waals surface area (Å²) in [6, 6.07) is 5.80. The van der Waals surface area contributed by atoms with Gasteiger partial charge in [0.2, 0.25) is 0 Å². The molecule has 0 aliphatic carbocycles. The van der Waals surface area contributed by atoms with Gasteiger partial charge >= 0.3 is 0 Å². The molecule has 1 aromatic carbocycles. The molecule has 2 heterocycles. The van der Waals surface area contributed by atoms with Gasteiger partial charge in [0, 0.05) is 6.07 Å². The Morgan fingerprint density at radius 1 is 1.50 bits per heavy atom. The molecule has 2 fully saturated rings. The van der Waals surface area contributed by atoms with Crippen molar-refractivity contribution in [1.82, 2.24) is 0 Å². The first-order chi connectivity index (χ1) is 9.52. The van der Waals surface area contributed by atoms with Crippen molar-refractivity contribution < 1.29 is 14.1 Å². The summed E-state index contributed by atoms with van der Waals surface area (Å²) in [6.07, 6.45) is 2.66. The van der Waals surface area contributed by atoms with E-state index in [9.17, 15) is 19.8 Å². The number of hydrogen-bond donors (Lipinski definition) is 0. The van der Waals surface area contributed by atoms with Crippen LogP contribution in [0.2, 0.25) is 0 Å². The number of nitrogens with zero attached hydrogens (tertiary/aromatic N) is 2. The number of rotatable bonds is 3. The second kappa shape index (κ2) is 4.53. The van der Waals surface area contributed by atoms with E-state index in [0.717, 1.165) is 18.9 Å². The van der Waals surface area contributed by atoms with Gasteiger partial charge in [0.25, 0.3) is 5.69 Å². The molecule has 5 nitrogen and oxygen atoms in total. The summed E-state index contributed by atoms with van der Waals surface area (Å²) in [5.41, 5.74) is -0.475. The van der Waals surface area contributed by atoms with Crippen LogP contribution in [-0.4, -0.2) is 17.1 Å². The fourth-order valence-electron chi connectivity index (χ4n) is 3.35. The predicted molar refractivity (Wildman–Crippen MR) is 67.3 cm³/mol. The van der Waals surface area contributed by atoms with Crippen LogP contribution < -0.4 is 0 Å². The molecular weight excluding hydrogens is 263 g/mol. The quantitative estimate of drug-likeness (QED) is 0.628. The van der Waals surface area contributed by atoms with Gasteiger partial charge in [-0.05, 0) is 37.3 Å². The van der Waals surface area contributed by atoms with Crippen LogP contribution in [0.3, 0.4) is 0 Å². The Morgan fingerprint density at radius 2 is 2.30 bits per heavy atom. The SMILES string of the molecule is N#CC1(Cc2cc(F)cc([N+](=O)[O-])c2)CC2CCC1O2. The molecule has 0 aromatic heterocycles. The van der Waals surface area contributed by atoms with Crippen LogP contribution in [0, 0.1) is 32.7 Å². The maximum absolute atomic E-state index is 13.5. The third-order valence-electron chi connectivity index (χ3n) is 4.21. The fourth-order valence-corrected chi connectivity index (χ4v) is 3.35. The highest BCUT2D eigenvalue weighted by molar-refractivity contribution is 5.37. The van der Waals surface area contributed by atoms with Gasteiger partial charge in [-0.3, -0.25) is 10.1 Å². The van der Waals surface area contributed by atoms with Crippen LogP contribution in [0.1, 0.15) is 24.8 Å². The zero-order chi connectivity index (χ0) is 14.3. The Kier molecular flexibility index (Phi) is 2.94. The number of halogens is 1. The van der Waals surface area contributed by atoms with Gasteiger partial charge in [0.05, 0.1) is 34.7 Å². The molecule has 0 amide bonds. The Balaban J connectivity index is 1.91. The van der Waals surface area contributed by atoms with Crippen LogP contribution >= 0.6 is 0 Å². The van der Waals surface area contributed by atoms with E-state index in [1.54, 1.807) is 0 Å². The first-order valence-corrected chi connectivity index (χ1v) is 6.53. The van der Waals surface area contributed by atoms with E-state index in [-0.39, 0.29) is 17.9 Å². The van der Waals surface area contributed by atoms with Crippen LogP contribution in [-0.2, 0) is 11.2 Å². The molecule has 2 aliphatic heterocycles. The molecule has 0 N–H and O–H groups in total. The lowest BCUT2D eigenvalue weighted by Crippen LogP contribution is -2.33. The van der Waals surface area contributed by atoms with E-state index >= 15 is 0 Å². The molecule has 2 bridgehead atoms. The predicted octanol–water partition coefficient (Wildman–Crippen LogP) is 2.74. The number of nitriles is 1. The van der Waals surface area contributed by atoms with E-state index < -0.39 is 16.2 Å². The van der Waals surface area contributed by atoms with Crippen LogP contribution in [0.15, 0.2) is 18.2 Å². The Labute approximate surface area is 115 Å². The lowest BCUT2D eigenvalue weighted by molar-refractivity contribution is -0.385. The van der Waals surface area contributed by atoms with E-state index in [1.807, 2.05) is 0 Å². The smallest absolute Gasteiger partial charge is 0.272 e. The zero-order valence-electron chi connectivity index (χ0n) is 10.7. The number of benzene rings is 1. The summed E-state index contributed by atoms with van der Waals surface area (Å²) in [6.45, 7) is 0. The third-order valence-corrected chi connectivity index (χ3v) is 4.21. The van der Waals surface area contributed by atoms with Gasteiger partial charge in [-0.25, -0.2) is 4.39 Å². The van der Waals surface area contributed by atoms with E-state index in [4.69, 9.17) is 4.74 Å². The van der Waals surface area contributed by atoms with Crippen molar-refractivity contribution in [2.45, 2.75) is 37.9 Å². The number of nitro benzene ring substituents is 1. The second-order valence-corrected chi connectivity index (χ2v) is 5.55. The Hall–Kier alpha value is -2.00. The van der Waals surface area contributed by atoms with Crippen LogP contribution in [0.4, 0.5) is 10.1 Å². The van der Waals surface area contributed by atoms with Crippen molar-refractivity contribution >= 4 is 5.69 Å². The molecule has 3 unspecified atom stereocenters. The standard InChI is InChI=1S/C14H13FN2O3/c15-10-3-9(4-11(5-10)17(18)19)6-14(8-16)7-12-1-2-13(14)20-12/h3-5,12-13H,1-2,6-7H2. The van der Waals surface area contributed by atoms with E-state index in [0.29, 0.717) is 18.4 Å². The van der Waals surface area contributed by atoms with Crippen molar-refractivity contribution in [3.8, 4) is 6.07 Å². The molecule has 2 aliphatic rings. The van der Waals surface area contributed by atoms with Gasteiger partial charge in [0.15, 0.2) is 0 Å². The summed E-state index contributed by atoms with van der Waals surface area (Å²) >= 11 is 0. The van der Waals surface area contributed by atoms with Crippen molar-refractivity contribution in [2.24, 2.45) is 5.41 Å². The molecule has 0 radical (unpaired) electrons. The molecule has 20 heavy (non-hydrogen) atoms. The highest BCUT2D eigenvalue weighted by atomic mass is 19.1. The summed E-state index contributed by atoms with van der Waals surface area (Å²) in [7, 11) is 0. The van der Waals surface area contributed by atoms with Crippen molar-refractivity contribution in [1.29, 1.82) is 5.26 Å². The number of ether oxygens (including phenoxy) is 1. The van der Waals surface area contributed by atoms with Gasteiger partial charge < -0.3 is 4.74 Å². The Bertz CT molecular complexity index is 613. The van der Waals surface area contributed by atoms with Gasteiger partial charge in [-0.2, -0.15) is 5.26 Å². The van der Waals surface area contributed by atoms with Crippen LogP contribution in [0.5, 0.6) is 0 Å². The normalized spacial score (nSPS) is 31.2. The maximum atomic E-state index is 13.5. The van der Waals surface area contributed by atoms with Gasteiger partial charge in [-0.15, -0.1) is 0 Å². The zero-order valence-corrected chi connectivity index (χ0v) is 10.7.